The van der Waals surface area contributed by atoms with Crippen LogP contribution in [0.3, 0.4) is 0 Å². The molecule has 3 N–H and O–H groups in total. The maximum Gasteiger partial charge on any atom is 0.346 e. The zero-order valence-electron chi connectivity index (χ0n) is 15.2. The number of aliphatic carboxylic acids is 1. The van der Waals surface area contributed by atoms with Crippen LogP contribution in [0, 0.1) is 12.7 Å². The quantitative estimate of drug-likeness (QED) is 0.378. The van der Waals surface area contributed by atoms with Crippen molar-refractivity contribution in [1.29, 1.82) is 0 Å². The van der Waals surface area contributed by atoms with Gasteiger partial charge in [-0.3, -0.25) is 4.98 Å². The fourth-order valence-electron chi connectivity index (χ4n) is 2.16. The Bertz CT molecular complexity index is 944. The molecule has 3 atom stereocenters. The Balaban J connectivity index is 2.48. The van der Waals surface area contributed by atoms with E-state index in [1.165, 1.54) is 32.2 Å². The zero-order valence-corrected chi connectivity index (χ0v) is 17.7. The number of aliphatic hydroxyl groups excluding tert-OH is 1. The van der Waals surface area contributed by atoms with E-state index in [1.54, 1.807) is 0 Å². The normalized spacial score (nSPS) is 13.8. The number of hydrogen-bond acceptors (Lipinski definition) is 8. The van der Waals surface area contributed by atoms with E-state index in [2.05, 4.69) is 25.7 Å². The van der Waals surface area contributed by atoms with Crippen LogP contribution in [0.2, 0.25) is 0 Å². The zero-order chi connectivity index (χ0) is 21.7. The van der Waals surface area contributed by atoms with E-state index in [9.17, 15) is 24.3 Å². The molecule has 0 aliphatic carbocycles. The van der Waals surface area contributed by atoms with Crippen LogP contribution in [0.4, 0.5) is 4.39 Å². The molecule has 0 amide bonds. The summed E-state index contributed by atoms with van der Waals surface area (Å²) in [5.41, 5.74) is 0.147. The van der Waals surface area contributed by atoms with Crippen LogP contribution in [-0.4, -0.2) is 32.3 Å². The number of carbonyl (C=O) groups is 1. The van der Waals surface area contributed by atoms with Gasteiger partial charge in [-0.15, -0.1) is 4.52 Å². The molecule has 0 saturated heterocycles. The van der Waals surface area contributed by atoms with Gasteiger partial charge in [-0.1, -0.05) is 20.7 Å². The van der Waals surface area contributed by atoms with E-state index in [0.29, 0.717) is 4.47 Å². The Hall–Kier alpha value is -2.17. The number of aromatic hydroxyl groups is 1. The maximum atomic E-state index is 14.2. The molecule has 156 valence electrons. The minimum atomic E-state index is -2.92. The Kier molecular flexibility index (Phi) is 8.00. The van der Waals surface area contributed by atoms with Crippen LogP contribution in [0.15, 0.2) is 33.6 Å². The number of nitrogens with zero attached hydrogens (tertiary/aromatic N) is 2. The number of carboxylic acids is 1. The van der Waals surface area contributed by atoms with Crippen LogP contribution in [0.5, 0.6) is 11.5 Å². The minimum Gasteiger partial charge on any atom is -0.583 e. The fourth-order valence-corrected chi connectivity index (χ4v) is 3.25. The average molecular weight is 491 g/mol. The first-order chi connectivity index (χ1) is 13.6. The lowest BCUT2D eigenvalue weighted by atomic mass is 10.1. The van der Waals surface area contributed by atoms with E-state index >= 15 is 0 Å². The van der Waals surface area contributed by atoms with Crippen molar-refractivity contribution in [2.24, 2.45) is 4.74 Å². The fraction of sp³-hybridized carbons (Fsp3) is 0.294. The average Bonchev–Trinajstić information content (AvgIpc) is 2.65. The highest BCUT2D eigenvalue weighted by Gasteiger charge is 2.28. The number of benzene rings is 1. The molecular formula is C17H17BrFN2O7P. The first kappa shape index (κ1) is 23.1. The highest BCUT2D eigenvalue weighted by Crippen LogP contribution is 2.37. The van der Waals surface area contributed by atoms with Crippen molar-refractivity contribution in [3.63, 3.8) is 0 Å². The van der Waals surface area contributed by atoms with Crippen LogP contribution in [0.25, 0.3) is 0 Å². The van der Waals surface area contributed by atoms with Gasteiger partial charge >= 0.3 is 14.1 Å². The number of carboxylic acid groups (broad SMARTS) is 1. The summed E-state index contributed by atoms with van der Waals surface area (Å²) in [5.74, 6) is -2.71. The third-order valence-corrected chi connectivity index (χ3v) is 5.13. The molecule has 0 radical (unpaired) electrons. The molecular weight excluding hydrogens is 474 g/mol. The second-order valence-corrected chi connectivity index (χ2v) is 7.61. The molecule has 1 heterocycles. The molecule has 9 nitrogen and oxygen atoms in total. The number of aryl methyl sites for hydroxylation is 1. The smallest absolute Gasteiger partial charge is 0.346 e. The first-order valence-electron chi connectivity index (χ1n) is 8.11. The molecule has 0 bridgehead atoms. The lowest BCUT2D eigenvalue weighted by Crippen LogP contribution is -2.17. The van der Waals surface area contributed by atoms with Crippen molar-refractivity contribution in [1.82, 2.24) is 4.98 Å². The van der Waals surface area contributed by atoms with Gasteiger partial charge in [-0.05, 0) is 32.0 Å². The van der Waals surface area contributed by atoms with E-state index in [1.807, 2.05) is 0 Å². The Labute approximate surface area is 174 Å². The number of ether oxygens (including phenoxy) is 1. The molecule has 29 heavy (non-hydrogen) atoms. The Morgan fingerprint density at radius 2 is 2.17 bits per heavy atom. The van der Waals surface area contributed by atoms with Crippen LogP contribution < -0.4 is 9.63 Å². The number of pyridine rings is 1. The molecule has 1 aromatic carbocycles. The SMILES string of the molecule is Cc1ncc(C(Oc2ccc(Br)cc2F)O/[P+]([O-])=N/C(C)C(=O)O)c(CO)c1O. The van der Waals surface area contributed by atoms with E-state index in [0.717, 1.165) is 6.07 Å². The Morgan fingerprint density at radius 1 is 1.48 bits per heavy atom. The number of aliphatic hydroxyl groups is 1. The van der Waals surface area contributed by atoms with Gasteiger partial charge in [0.1, 0.15) is 5.75 Å². The first-order valence-corrected chi connectivity index (χ1v) is 10.0. The van der Waals surface area contributed by atoms with Crippen molar-refractivity contribution >= 4 is 30.1 Å². The maximum absolute atomic E-state index is 14.2. The topological polar surface area (TPSA) is 145 Å². The molecule has 12 heteroatoms. The molecule has 0 aliphatic heterocycles. The van der Waals surface area contributed by atoms with Crippen LogP contribution >= 0.6 is 24.1 Å². The third kappa shape index (κ3) is 5.91. The second-order valence-electron chi connectivity index (χ2n) is 5.78. The number of aromatic nitrogens is 1. The predicted octanol–water partition coefficient (Wildman–Crippen LogP) is 2.91. The highest BCUT2D eigenvalue weighted by molar-refractivity contribution is 9.10. The molecule has 3 unspecified atom stereocenters. The Morgan fingerprint density at radius 3 is 2.76 bits per heavy atom. The third-order valence-electron chi connectivity index (χ3n) is 3.73. The second kappa shape index (κ2) is 10.0. The lowest BCUT2D eigenvalue weighted by molar-refractivity contribution is -0.189. The summed E-state index contributed by atoms with van der Waals surface area (Å²) in [6, 6.07) is 2.57. The van der Waals surface area contributed by atoms with Crippen LogP contribution in [-0.2, 0) is 15.9 Å². The van der Waals surface area contributed by atoms with E-state index in [-0.39, 0.29) is 28.3 Å². The molecule has 0 fully saturated rings. The summed E-state index contributed by atoms with van der Waals surface area (Å²) in [6.07, 6.45) is -0.411. The molecule has 0 aliphatic rings. The van der Waals surface area contributed by atoms with Gasteiger partial charge < -0.3 is 24.9 Å². The summed E-state index contributed by atoms with van der Waals surface area (Å²) < 4.78 is 28.8. The van der Waals surface area contributed by atoms with Gasteiger partial charge in [0.05, 0.1) is 17.9 Å². The number of hydrogen-bond donors (Lipinski definition) is 3. The predicted molar refractivity (Wildman–Crippen MR) is 102 cm³/mol. The van der Waals surface area contributed by atoms with Gasteiger partial charge in [0.2, 0.25) is 0 Å². The summed E-state index contributed by atoms with van der Waals surface area (Å²) in [7, 11) is -2.92. The number of halogens is 2. The van der Waals surface area contributed by atoms with E-state index < -0.39 is 38.9 Å². The lowest BCUT2D eigenvalue weighted by Gasteiger charge is -2.19. The largest absolute Gasteiger partial charge is 0.583 e. The molecule has 1 aromatic heterocycles. The van der Waals surface area contributed by atoms with Crippen molar-refractivity contribution < 1.29 is 38.7 Å². The summed E-state index contributed by atoms with van der Waals surface area (Å²) in [4.78, 5) is 27.0. The summed E-state index contributed by atoms with van der Waals surface area (Å²) in [5, 5.41) is 28.7. The van der Waals surface area contributed by atoms with Crippen molar-refractivity contribution in [3.8, 4) is 11.5 Å². The highest BCUT2D eigenvalue weighted by atomic mass is 79.9. The summed E-state index contributed by atoms with van der Waals surface area (Å²) in [6.45, 7) is 2.05. The van der Waals surface area contributed by atoms with Gasteiger partial charge in [0, 0.05) is 16.2 Å². The summed E-state index contributed by atoms with van der Waals surface area (Å²) >= 11 is 3.11. The molecule has 2 aromatic rings. The number of rotatable bonds is 8. The van der Waals surface area contributed by atoms with Crippen LogP contribution in [0.1, 0.15) is 30.0 Å². The van der Waals surface area contributed by atoms with E-state index in [4.69, 9.17) is 14.4 Å². The van der Waals surface area contributed by atoms with Crippen molar-refractivity contribution in [2.75, 3.05) is 0 Å². The standard InChI is InChI=1S/C17H17BrFN2O7P/c1-8-15(23)12(7-22)11(6-20-8)17(28-29(26)21-9(2)16(24)25)27-14-4-3-10(18)5-13(14)19/h3-6,9,17,22-23H,7H2,1-2H3,(H,24,25). The van der Waals surface area contributed by atoms with Gasteiger partial charge in [-0.25, -0.2) is 9.18 Å². The van der Waals surface area contributed by atoms with Gasteiger partial charge in [-0.2, -0.15) is 0 Å². The van der Waals surface area contributed by atoms with Crippen molar-refractivity contribution in [2.45, 2.75) is 32.8 Å². The molecule has 0 spiro atoms. The van der Waals surface area contributed by atoms with Gasteiger partial charge in [0.25, 0.3) is 6.29 Å². The van der Waals surface area contributed by atoms with Crippen molar-refractivity contribution in [3.05, 3.63) is 51.5 Å². The minimum absolute atomic E-state index is 0.0283. The van der Waals surface area contributed by atoms with Gasteiger partial charge in [0.15, 0.2) is 17.6 Å². The molecule has 2 rings (SSSR count). The molecule has 0 saturated carbocycles. The monoisotopic (exact) mass is 490 g/mol.